The number of carbonyl (C=O) groups is 1. The molecular formula is C11H14BrNO4. The zero-order valence-electron chi connectivity index (χ0n) is 9.24. The number of aliphatic hydroxyl groups is 1. The molecule has 1 aromatic heterocycles. The molecule has 5 nitrogen and oxygen atoms in total. The lowest BCUT2D eigenvalue weighted by Gasteiger charge is -2.35. The minimum absolute atomic E-state index is 0.0933. The summed E-state index contributed by atoms with van der Waals surface area (Å²) in [6, 6.07) is 3.24. The van der Waals surface area contributed by atoms with Crippen LogP contribution in [0.5, 0.6) is 0 Å². The van der Waals surface area contributed by atoms with Crippen molar-refractivity contribution in [1.29, 1.82) is 0 Å². The Labute approximate surface area is 107 Å². The third-order valence-corrected chi connectivity index (χ3v) is 3.35. The standard InChI is InChI=1S/C11H14BrNO4/c12-9-2-1-8(17-9)10(15)13-11(7-14)3-5-16-6-4-11/h1-2,14H,3-7H2,(H,13,15). The Kier molecular flexibility index (Phi) is 3.86. The van der Waals surface area contributed by atoms with E-state index in [1.165, 1.54) is 0 Å². The highest BCUT2D eigenvalue weighted by Gasteiger charge is 2.34. The van der Waals surface area contributed by atoms with Gasteiger partial charge in [-0.1, -0.05) is 0 Å². The molecule has 0 saturated carbocycles. The highest BCUT2D eigenvalue weighted by Crippen LogP contribution is 2.21. The molecule has 0 atom stereocenters. The molecule has 0 aromatic carbocycles. The van der Waals surface area contributed by atoms with Gasteiger partial charge in [0.05, 0.1) is 12.1 Å². The molecule has 0 aliphatic carbocycles. The maximum absolute atomic E-state index is 11.9. The van der Waals surface area contributed by atoms with Gasteiger partial charge in [0, 0.05) is 13.2 Å². The van der Waals surface area contributed by atoms with Gasteiger partial charge in [-0.25, -0.2) is 0 Å². The van der Waals surface area contributed by atoms with Crippen LogP contribution in [0.2, 0.25) is 0 Å². The molecule has 1 amide bonds. The first-order valence-electron chi connectivity index (χ1n) is 5.42. The van der Waals surface area contributed by atoms with Gasteiger partial charge in [-0.2, -0.15) is 0 Å². The van der Waals surface area contributed by atoms with E-state index in [0.29, 0.717) is 30.7 Å². The molecule has 17 heavy (non-hydrogen) atoms. The topological polar surface area (TPSA) is 71.7 Å². The third-order valence-electron chi connectivity index (χ3n) is 2.93. The molecule has 1 fully saturated rings. The minimum Gasteiger partial charge on any atom is -0.444 e. The number of hydrogen-bond donors (Lipinski definition) is 2. The van der Waals surface area contributed by atoms with Crippen molar-refractivity contribution in [3.63, 3.8) is 0 Å². The molecule has 0 spiro atoms. The van der Waals surface area contributed by atoms with Gasteiger partial charge in [0.2, 0.25) is 0 Å². The van der Waals surface area contributed by atoms with Crippen molar-refractivity contribution in [3.05, 3.63) is 22.6 Å². The number of carbonyl (C=O) groups excluding carboxylic acids is 1. The van der Waals surface area contributed by atoms with Crippen LogP contribution in [0, 0.1) is 0 Å². The quantitative estimate of drug-likeness (QED) is 0.883. The van der Waals surface area contributed by atoms with E-state index in [1.54, 1.807) is 12.1 Å². The largest absolute Gasteiger partial charge is 0.444 e. The summed E-state index contributed by atoms with van der Waals surface area (Å²) in [5.74, 6) is -0.0807. The fourth-order valence-corrected chi connectivity index (χ4v) is 2.13. The number of nitrogens with one attached hydrogen (secondary N) is 1. The number of halogens is 1. The van der Waals surface area contributed by atoms with Crippen LogP contribution in [0.25, 0.3) is 0 Å². The van der Waals surface area contributed by atoms with Crippen molar-refractivity contribution >= 4 is 21.8 Å². The predicted octanol–water partition coefficient (Wildman–Crippen LogP) is 1.31. The minimum atomic E-state index is -0.589. The van der Waals surface area contributed by atoms with Gasteiger partial charge in [0.25, 0.3) is 5.91 Å². The van der Waals surface area contributed by atoms with Gasteiger partial charge >= 0.3 is 0 Å². The second kappa shape index (κ2) is 5.20. The SMILES string of the molecule is O=C(NC1(CO)CCOCC1)c1ccc(Br)o1. The summed E-state index contributed by atoms with van der Waals surface area (Å²) < 4.78 is 10.9. The molecule has 0 radical (unpaired) electrons. The fraction of sp³-hybridized carbons (Fsp3) is 0.545. The van der Waals surface area contributed by atoms with Crippen molar-refractivity contribution in [2.45, 2.75) is 18.4 Å². The maximum atomic E-state index is 11.9. The zero-order chi connectivity index (χ0) is 12.3. The van der Waals surface area contributed by atoms with Crippen LogP contribution in [0.4, 0.5) is 0 Å². The maximum Gasteiger partial charge on any atom is 0.287 e. The Morgan fingerprint density at radius 1 is 1.47 bits per heavy atom. The molecular weight excluding hydrogens is 290 g/mol. The molecule has 6 heteroatoms. The van der Waals surface area contributed by atoms with Crippen LogP contribution >= 0.6 is 15.9 Å². The monoisotopic (exact) mass is 303 g/mol. The Hall–Kier alpha value is -0.850. The summed E-state index contributed by atoms with van der Waals surface area (Å²) in [6.07, 6.45) is 1.22. The fourth-order valence-electron chi connectivity index (χ4n) is 1.82. The molecule has 2 heterocycles. The van der Waals surface area contributed by atoms with Crippen LogP contribution in [-0.4, -0.2) is 36.4 Å². The summed E-state index contributed by atoms with van der Waals surface area (Å²) >= 11 is 3.14. The molecule has 0 bridgehead atoms. The second-order valence-corrected chi connectivity index (χ2v) is 4.89. The van der Waals surface area contributed by atoms with Crippen LogP contribution < -0.4 is 5.32 Å². The third kappa shape index (κ3) is 2.88. The molecule has 1 aromatic rings. The Morgan fingerprint density at radius 3 is 2.71 bits per heavy atom. The van der Waals surface area contributed by atoms with E-state index in [4.69, 9.17) is 9.15 Å². The number of ether oxygens (including phenoxy) is 1. The van der Waals surface area contributed by atoms with Crippen molar-refractivity contribution in [2.75, 3.05) is 19.8 Å². The van der Waals surface area contributed by atoms with E-state index in [0.717, 1.165) is 0 Å². The second-order valence-electron chi connectivity index (χ2n) is 4.11. The normalized spacial score (nSPS) is 18.9. The van der Waals surface area contributed by atoms with Crippen LogP contribution in [0.3, 0.4) is 0 Å². The summed E-state index contributed by atoms with van der Waals surface area (Å²) in [5.41, 5.74) is -0.589. The molecule has 1 aliphatic rings. The van der Waals surface area contributed by atoms with E-state index in [-0.39, 0.29) is 18.3 Å². The number of rotatable bonds is 3. The van der Waals surface area contributed by atoms with Gasteiger partial charge in [0.15, 0.2) is 10.4 Å². The van der Waals surface area contributed by atoms with Crippen molar-refractivity contribution in [2.24, 2.45) is 0 Å². The zero-order valence-corrected chi connectivity index (χ0v) is 10.8. The summed E-state index contributed by atoms with van der Waals surface area (Å²) in [6.45, 7) is 0.995. The van der Waals surface area contributed by atoms with Crippen LogP contribution in [0.1, 0.15) is 23.4 Å². The lowest BCUT2D eigenvalue weighted by atomic mass is 9.91. The summed E-state index contributed by atoms with van der Waals surface area (Å²) in [7, 11) is 0. The van der Waals surface area contributed by atoms with Gasteiger partial charge in [-0.3, -0.25) is 4.79 Å². The Bertz CT molecular complexity index is 398. The van der Waals surface area contributed by atoms with E-state index in [9.17, 15) is 9.90 Å². The summed E-state index contributed by atoms with van der Waals surface area (Å²) in [5, 5.41) is 12.3. The smallest absolute Gasteiger partial charge is 0.287 e. The Balaban J connectivity index is 2.05. The average molecular weight is 304 g/mol. The first kappa shape index (κ1) is 12.6. The average Bonchev–Trinajstić information content (AvgIpc) is 2.77. The Morgan fingerprint density at radius 2 is 2.18 bits per heavy atom. The molecule has 94 valence electrons. The van der Waals surface area contributed by atoms with Crippen molar-refractivity contribution < 1.29 is 19.1 Å². The molecule has 2 rings (SSSR count). The van der Waals surface area contributed by atoms with E-state index in [2.05, 4.69) is 21.2 Å². The van der Waals surface area contributed by atoms with Crippen molar-refractivity contribution in [3.8, 4) is 0 Å². The van der Waals surface area contributed by atoms with Gasteiger partial charge in [-0.15, -0.1) is 0 Å². The summed E-state index contributed by atoms with van der Waals surface area (Å²) in [4.78, 5) is 11.9. The lowest BCUT2D eigenvalue weighted by Crippen LogP contribution is -2.54. The lowest BCUT2D eigenvalue weighted by molar-refractivity contribution is 0.0119. The van der Waals surface area contributed by atoms with Gasteiger partial charge < -0.3 is 19.6 Å². The number of amides is 1. The van der Waals surface area contributed by atoms with Crippen LogP contribution in [0.15, 0.2) is 21.2 Å². The molecule has 1 aliphatic heterocycles. The number of aliphatic hydroxyl groups excluding tert-OH is 1. The van der Waals surface area contributed by atoms with Crippen LogP contribution in [-0.2, 0) is 4.74 Å². The van der Waals surface area contributed by atoms with Gasteiger partial charge in [0.1, 0.15) is 0 Å². The molecule has 2 N–H and O–H groups in total. The van der Waals surface area contributed by atoms with Gasteiger partial charge in [-0.05, 0) is 40.9 Å². The first-order chi connectivity index (χ1) is 8.15. The van der Waals surface area contributed by atoms with E-state index < -0.39 is 5.54 Å². The highest BCUT2D eigenvalue weighted by atomic mass is 79.9. The molecule has 1 saturated heterocycles. The van der Waals surface area contributed by atoms with E-state index in [1.807, 2.05) is 0 Å². The predicted molar refractivity (Wildman–Crippen MR) is 63.7 cm³/mol. The highest BCUT2D eigenvalue weighted by molar-refractivity contribution is 9.10. The van der Waals surface area contributed by atoms with Crippen molar-refractivity contribution in [1.82, 2.24) is 5.32 Å². The first-order valence-corrected chi connectivity index (χ1v) is 6.21. The van der Waals surface area contributed by atoms with E-state index >= 15 is 0 Å². The number of hydrogen-bond acceptors (Lipinski definition) is 4. The molecule has 0 unspecified atom stereocenters. The number of furan rings is 1.